The summed E-state index contributed by atoms with van der Waals surface area (Å²) in [6.07, 6.45) is 3.72. The van der Waals surface area contributed by atoms with Crippen LogP contribution in [-0.2, 0) is 11.3 Å². The maximum atomic E-state index is 13.3. The van der Waals surface area contributed by atoms with Crippen LogP contribution in [0, 0.1) is 5.82 Å². The molecule has 1 aromatic carbocycles. The van der Waals surface area contributed by atoms with Crippen LogP contribution in [0.15, 0.2) is 54.9 Å². The fourth-order valence-corrected chi connectivity index (χ4v) is 2.02. The van der Waals surface area contributed by atoms with E-state index in [0.717, 1.165) is 11.3 Å². The largest absolute Gasteiger partial charge is 0.481 e. The molecule has 0 aliphatic carbocycles. The van der Waals surface area contributed by atoms with E-state index in [1.54, 1.807) is 12.1 Å². The minimum absolute atomic E-state index is 0.0605. The van der Waals surface area contributed by atoms with Crippen molar-refractivity contribution < 1.29 is 13.9 Å². The predicted molar refractivity (Wildman–Crippen MR) is 78.9 cm³/mol. The number of aromatic nitrogens is 2. The Hall–Kier alpha value is -2.89. The Kier molecular flexibility index (Phi) is 4.00. The molecule has 0 spiro atoms. The minimum Gasteiger partial charge on any atom is -0.481 e. The van der Waals surface area contributed by atoms with E-state index in [2.05, 4.69) is 10.3 Å². The van der Waals surface area contributed by atoms with Crippen LogP contribution < -0.4 is 10.1 Å². The highest BCUT2D eigenvalue weighted by molar-refractivity contribution is 5.77. The molecule has 0 unspecified atom stereocenters. The van der Waals surface area contributed by atoms with Crippen LogP contribution >= 0.6 is 0 Å². The number of imidazole rings is 1. The van der Waals surface area contributed by atoms with Gasteiger partial charge in [-0.05, 0) is 24.3 Å². The molecule has 0 atom stereocenters. The quantitative estimate of drug-likeness (QED) is 0.785. The number of benzene rings is 1. The number of fused-ring (bicyclic) bond motifs is 1. The average Bonchev–Trinajstić information content (AvgIpc) is 2.95. The molecule has 0 aliphatic rings. The van der Waals surface area contributed by atoms with Crippen molar-refractivity contribution in [2.75, 3.05) is 6.61 Å². The van der Waals surface area contributed by atoms with E-state index < -0.39 is 5.82 Å². The average molecular weight is 299 g/mol. The molecule has 2 aromatic heterocycles. The van der Waals surface area contributed by atoms with E-state index in [4.69, 9.17) is 4.74 Å². The zero-order valence-corrected chi connectivity index (χ0v) is 11.7. The third-order valence-corrected chi connectivity index (χ3v) is 3.08. The van der Waals surface area contributed by atoms with Gasteiger partial charge in [-0.15, -0.1) is 0 Å². The van der Waals surface area contributed by atoms with Crippen molar-refractivity contribution in [2.45, 2.75) is 6.54 Å². The topological polar surface area (TPSA) is 55.6 Å². The maximum Gasteiger partial charge on any atom is 0.258 e. The lowest BCUT2D eigenvalue weighted by molar-refractivity contribution is -0.123. The van der Waals surface area contributed by atoms with E-state index in [0.29, 0.717) is 6.54 Å². The van der Waals surface area contributed by atoms with Crippen molar-refractivity contribution in [3.63, 3.8) is 0 Å². The Morgan fingerprint density at radius 1 is 1.23 bits per heavy atom. The molecule has 3 aromatic rings. The summed E-state index contributed by atoms with van der Waals surface area (Å²) < 4.78 is 20.3. The molecule has 0 saturated carbocycles. The smallest absolute Gasteiger partial charge is 0.258 e. The molecule has 22 heavy (non-hydrogen) atoms. The number of rotatable bonds is 5. The number of hydrogen-bond acceptors (Lipinski definition) is 3. The van der Waals surface area contributed by atoms with E-state index in [-0.39, 0.29) is 18.3 Å². The van der Waals surface area contributed by atoms with Crippen LogP contribution in [0.1, 0.15) is 5.69 Å². The van der Waals surface area contributed by atoms with Gasteiger partial charge in [0.25, 0.3) is 5.91 Å². The van der Waals surface area contributed by atoms with Crippen molar-refractivity contribution in [2.24, 2.45) is 0 Å². The molecule has 0 aliphatic heterocycles. The van der Waals surface area contributed by atoms with Crippen LogP contribution in [0.4, 0.5) is 4.39 Å². The third-order valence-electron chi connectivity index (χ3n) is 3.08. The summed E-state index contributed by atoms with van der Waals surface area (Å²) in [5.41, 5.74) is 1.56. The third kappa shape index (κ3) is 3.22. The molecule has 0 bridgehead atoms. The summed E-state index contributed by atoms with van der Waals surface area (Å²) in [7, 11) is 0. The number of carbonyl (C=O) groups is 1. The Morgan fingerprint density at radius 2 is 2.05 bits per heavy atom. The lowest BCUT2D eigenvalue weighted by atomic mass is 10.3. The van der Waals surface area contributed by atoms with Gasteiger partial charge in [0.15, 0.2) is 18.2 Å². The molecule has 2 heterocycles. The molecule has 0 saturated heterocycles. The van der Waals surface area contributed by atoms with Gasteiger partial charge in [0.2, 0.25) is 0 Å². The fourth-order valence-electron chi connectivity index (χ4n) is 2.02. The first kappa shape index (κ1) is 14.1. The normalized spacial score (nSPS) is 10.6. The number of nitrogens with one attached hydrogen (secondary N) is 1. The van der Waals surface area contributed by atoms with Gasteiger partial charge in [-0.2, -0.15) is 0 Å². The molecule has 0 fully saturated rings. The molecule has 112 valence electrons. The van der Waals surface area contributed by atoms with Gasteiger partial charge in [-0.25, -0.2) is 9.37 Å². The van der Waals surface area contributed by atoms with Crippen molar-refractivity contribution in [3.05, 3.63) is 66.4 Å². The van der Waals surface area contributed by atoms with E-state index in [9.17, 15) is 9.18 Å². The van der Waals surface area contributed by atoms with Crippen molar-refractivity contribution in [1.29, 1.82) is 0 Å². The molecular weight excluding hydrogens is 285 g/mol. The van der Waals surface area contributed by atoms with Crippen molar-refractivity contribution in [1.82, 2.24) is 14.7 Å². The highest BCUT2D eigenvalue weighted by Gasteiger charge is 2.07. The summed E-state index contributed by atoms with van der Waals surface area (Å²) in [6, 6.07) is 11.6. The fraction of sp³-hybridized carbons (Fsp3) is 0.125. The van der Waals surface area contributed by atoms with E-state index >= 15 is 0 Å². The van der Waals surface area contributed by atoms with Gasteiger partial charge >= 0.3 is 0 Å². The van der Waals surface area contributed by atoms with Crippen LogP contribution in [0.25, 0.3) is 5.65 Å². The van der Waals surface area contributed by atoms with E-state index in [1.165, 1.54) is 12.1 Å². The highest BCUT2D eigenvalue weighted by atomic mass is 19.1. The first-order valence-corrected chi connectivity index (χ1v) is 6.79. The van der Waals surface area contributed by atoms with Crippen LogP contribution in [0.2, 0.25) is 0 Å². The second kappa shape index (κ2) is 6.26. The van der Waals surface area contributed by atoms with Crippen LogP contribution in [0.5, 0.6) is 5.75 Å². The van der Waals surface area contributed by atoms with E-state index in [1.807, 2.05) is 35.0 Å². The van der Waals surface area contributed by atoms with Crippen molar-refractivity contribution in [3.8, 4) is 5.75 Å². The Balaban J connectivity index is 1.53. The number of ether oxygens (including phenoxy) is 1. The molecular formula is C16H14FN3O2. The highest BCUT2D eigenvalue weighted by Crippen LogP contribution is 2.14. The Morgan fingerprint density at radius 3 is 2.86 bits per heavy atom. The molecule has 1 N–H and O–H groups in total. The molecule has 1 amide bonds. The molecule has 0 radical (unpaired) electrons. The summed E-state index contributed by atoms with van der Waals surface area (Å²) in [5, 5.41) is 2.69. The van der Waals surface area contributed by atoms with Crippen LogP contribution in [0.3, 0.4) is 0 Å². The molecule has 6 heteroatoms. The zero-order valence-electron chi connectivity index (χ0n) is 11.7. The van der Waals surface area contributed by atoms with Crippen molar-refractivity contribution >= 4 is 11.6 Å². The zero-order chi connectivity index (χ0) is 15.4. The number of hydrogen-bond donors (Lipinski definition) is 1. The Bertz CT molecular complexity index is 768. The second-order valence-electron chi connectivity index (χ2n) is 4.69. The summed E-state index contributed by atoms with van der Waals surface area (Å²) in [5.74, 6) is -0.763. The van der Waals surface area contributed by atoms with Gasteiger partial charge < -0.3 is 14.5 Å². The van der Waals surface area contributed by atoms with Gasteiger partial charge in [-0.1, -0.05) is 18.2 Å². The second-order valence-corrected chi connectivity index (χ2v) is 4.69. The van der Waals surface area contributed by atoms with Gasteiger partial charge in [0, 0.05) is 12.4 Å². The summed E-state index contributed by atoms with van der Waals surface area (Å²) >= 11 is 0. The predicted octanol–water partition coefficient (Wildman–Crippen LogP) is 2.17. The number of pyridine rings is 1. The maximum absolute atomic E-state index is 13.3. The number of halogens is 1. The lowest BCUT2D eigenvalue weighted by Gasteiger charge is -2.07. The number of carbonyl (C=O) groups excluding carboxylic acids is 1. The lowest BCUT2D eigenvalue weighted by Crippen LogP contribution is -2.28. The standard InChI is InChI=1S/C16H14FN3O2/c17-13-5-1-2-6-14(13)22-11-16(21)18-9-12-10-20-8-4-3-7-15(20)19-12/h1-8,10H,9,11H2,(H,18,21). The SMILES string of the molecule is O=C(COc1ccccc1F)NCc1cn2ccccc2n1. The van der Waals surface area contributed by atoms with Crippen LogP contribution in [-0.4, -0.2) is 21.9 Å². The monoisotopic (exact) mass is 299 g/mol. The number of nitrogens with zero attached hydrogens (tertiary/aromatic N) is 2. The molecule has 3 rings (SSSR count). The summed E-state index contributed by atoms with van der Waals surface area (Å²) in [4.78, 5) is 16.1. The Labute approximate surface area is 126 Å². The minimum atomic E-state index is -0.490. The van der Waals surface area contributed by atoms with Gasteiger partial charge in [-0.3, -0.25) is 4.79 Å². The summed E-state index contributed by atoms with van der Waals surface area (Å²) in [6.45, 7) is 0.0510. The first-order valence-electron chi connectivity index (χ1n) is 6.79. The number of para-hydroxylation sites is 1. The van der Waals surface area contributed by atoms with Gasteiger partial charge in [0.05, 0.1) is 12.2 Å². The number of amides is 1. The molecule has 5 nitrogen and oxygen atoms in total. The van der Waals surface area contributed by atoms with Gasteiger partial charge in [0.1, 0.15) is 5.65 Å². The first-order chi connectivity index (χ1) is 10.7.